The van der Waals surface area contributed by atoms with Crippen LogP contribution in [0.3, 0.4) is 0 Å². The molecule has 0 aliphatic carbocycles. The minimum absolute atomic E-state index is 0.0523. The number of hydrogen-bond donors (Lipinski definition) is 1. The van der Waals surface area contributed by atoms with E-state index in [-0.39, 0.29) is 5.56 Å². The van der Waals surface area contributed by atoms with Gasteiger partial charge in [0.1, 0.15) is 0 Å². The summed E-state index contributed by atoms with van der Waals surface area (Å²) >= 11 is 1.95. The first-order chi connectivity index (χ1) is 9.78. The highest BCUT2D eigenvalue weighted by Crippen LogP contribution is 2.33. The summed E-state index contributed by atoms with van der Waals surface area (Å²) in [5, 5.41) is 3.56. The number of aromatic nitrogens is 1. The van der Waals surface area contributed by atoms with E-state index in [4.69, 9.17) is 0 Å². The van der Waals surface area contributed by atoms with Gasteiger partial charge in [0.15, 0.2) is 0 Å². The Balaban J connectivity index is 1.87. The number of fused-ring (bicyclic) bond motifs is 1. The summed E-state index contributed by atoms with van der Waals surface area (Å²) in [4.78, 5) is 11.6. The van der Waals surface area contributed by atoms with Gasteiger partial charge in [-0.05, 0) is 24.1 Å². The Morgan fingerprint density at radius 1 is 1.30 bits per heavy atom. The molecule has 0 bridgehead atoms. The van der Waals surface area contributed by atoms with Gasteiger partial charge in [-0.15, -0.1) is 0 Å². The summed E-state index contributed by atoms with van der Waals surface area (Å²) in [6, 6.07) is 12.4. The van der Waals surface area contributed by atoms with Crippen LogP contribution in [0.15, 0.2) is 47.4 Å². The maximum atomic E-state index is 11.6. The topological polar surface area (TPSA) is 34.0 Å². The lowest BCUT2D eigenvalue weighted by Crippen LogP contribution is -2.21. The molecule has 3 rings (SSSR count). The van der Waals surface area contributed by atoms with E-state index >= 15 is 0 Å². The number of benzene rings is 1. The number of pyridine rings is 1. The van der Waals surface area contributed by atoms with Crippen LogP contribution in [-0.4, -0.2) is 10.3 Å². The Bertz CT molecular complexity index is 666. The van der Waals surface area contributed by atoms with Gasteiger partial charge in [-0.2, -0.15) is 11.8 Å². The number of nitrogens with zero attached hydrogens (tertiary/aromatic N) is 1. The predicted octanol–water partition coefficient (Wildman–Crippen LogP) is 3.27. The van der Waals surface area contributed by atoms with Gasteiger partial charge in [0.2, 0.25) is 0 Å². The molecular formula is C16H18N2OS. The third-order valence-corrected chi connectivity index (χ3v) is 4.72. The monoisotopic (exact) mass is 286 g/mol. The van der Waals surface area contributed by atoms with Crippen molar-refractivity contribution in [3.63, 3.8) is 0 Å². The highest BCUT2D eigenvalue weighted by Gasteiger charge is 2.19. The fourth-order valence-electron chi connectivity index (χ4n) is 2.57. The molecule has 104 valence electrons. The van der Waals surface area contributed by atoms with Crippen molar-refractivity contribution >= 4 is 17.4 Å². The summed E-state index contributed by atoms with van der Waals surface area (Å²) in [5.41, 5.74) is 3.84. The second-order valence-electron chi connectivity index (χ2n) is 4.95. The number of anilines is 1. The van der Waals surface area contributed by atoms with Crippen LogP contribution in [0.1, 0.15) is 24.1 Å². The van der Waals surface area contributed by atoms with E-state index in [1.54, 1.807) is 10.6 Å². The predicted molar refractivity (Wildman–Crippen MR) is 85.3 cm³/mol. The molecule has 1 atom stereocenters. The van der Waals surface area contributed by atoms with Gasteiger partial charge in [-0.25, -0.2) is 0 Å². The van der Waals surface area contributed by atoms with Crippen molar-refractivity contribution in [2.45, 2.75) is 25.3 Å². The smallest absolute Gasteiger partial charge is 0.250 e. The van der Waals surface area contributed by atoms with Crippen molar-refractivity contribution < 1.29 is 0 Å². The molecule has 0 fully saturated rings. The van der Waals surface area contributed by atoms with Crippen molar-refractivity contribution in [2.24, 2.45) is 0 Å². The van der Waals surface area contributed by atoms with Gasteiger partial charge in [0.25, 0.3) is 5.56 Å². The molecule has 0 amide bonds. The summed E-state index contributed by atoms with van der Waals surface area (Å²) < 4.78 is 1.73. The van der Waals surface area contributed by atoms with Crippen LogP contribution in [-0.2, 0) is 12.3 Å². The molecule has 0 spiro atoms. The van der Waals surface area contributed by atoms with E-state index in [9.17, 15) is 4.79 Å². The quantitative estimate of drug-likeness (QED) is 0.940. The first-order valence-electron chi connectivity index (χ1n) is 6.90. The zero-order valence-electron chi connectivity index (χ0n) is 11.5. The standard InChI is InChI=1S/C16H18N2OS/c1-2-18-9-13(7-8-16(18)19)17-15-11-20-10-12-5-3-4-6-14(12)15/h3-9,15,17H,2,10-11H2,1H3. The van der Waals surface area contributed by atoms with Crippen LogP contribution in [0.4, 0.5) is 5.69 Å². The minimum Gasteiger partial charge on any atom is -0.376 e. The number of thioether (sulfide) groups is 1. The van der Waals surface area contributed by atoms with Crippen molar-refractivity contribution in [3.8, 4) is 0 Å². The molecule has 20 heavy (non-hydrogen) atoms. The van der Waals surface area contributed by atoms with Crippen molar-refractivity contribution in [3.05, 3.63) is 64.1 Å². The maximum absolute atomic E-state index is 11.6. The third-order valence-electron chi connectivity index (χ3n) is 3.64. The van der Waals surface area contributed by atoms with Crippen LogP contribution in [0.25, 0.3) is 0 Å². The summed E-state index contributed by atoms with van der Waals surface area (Å²) in [5.74, 6) is 2.14. The summed E-state index contributed by atoms with van der Waals surface area (Å²) in [6.45, 7) is 2.68. The van der Waals surface area contributed by atoms with Crippen LogP contribution in [0, 0.1) is 0 Å². The lowest BCUT2D eigenvalue weighted by atomic mass is 10.0. The lowest BCUT2D eigenvalue weighted by molar-refractivity contribution is 0.725. The second kappa shape index (κ2) is 5.75. The molecule has 1 aliphatic heterocycles. The SMILES string of the molecule is CCn1cc(NC2CSCc3ccccc32)ccc1=O. The van der Waals surface area contributed by atoms with Crippen molar-refractivity contribution in [1.29, 1.82) is 0 Å². The Kier molecular flexibility index (Phi) is 3.83. The van der Waals surface area contributed by atoms with Crippen LogP contribution in [0.5, 0.6) is 0 Å². The van der Waals surface area contributed by atoms with Gasteiger partial charge in [0.05, 0.1) is 11.7 Å². The fourth-order valence-corrected chi connectivity index (χ4v) is 3.67. The molecule has 3 nitrogen and oxygen atoms in total. The van der Waals surface area contributed by atoms with E-state index in [2.05, 4.69) is 29.6 Å². The minimum atomic E-state index is 0.0523. The average molecular weight is 286 g/mol. The second-order valence-corrected chi connectivity index (χ2v) is 5.98. The first-order valence-corrected chi connectivity index (χ1v) is 8.06. The van der Waals surface area contributed by atoms with Crippen LogP contribution in [0.2, 0.25) is 0 Å². The fraction of sp³-hybridized carbons (Fsp3) is 0.312. The zero-order valence-corrected chi connectivity index (χ0v) is 12.3. The molecule has 1 aromatic heterocycles. The van der Waals surface area contributed by atoms with Gasteiger partial charge in [0, 0.05) is 30.3 Å². The Hall–Kier alpha value is -1.68. The summed E-state index contributed by atoms with van der Waals surface area (Å²) in [7, 11) is 0. The van der Waals surface area contributed by atoms with Gasteiger partial charge in [-0.3, -0.25) is 4.79 Å². The molecule has 0 saturated carbocycles. The molecule has 1 aromatic carbocycles. The van der Waals surface area contributed by atoms with Crippen LogP contribution >= 0.6 is 11.8 Å². The highest BCUT2D eigenvalue weighted by atomic mass is 32.2. The highest BCUT2D eigenvalue weighted by molar-refractivity contribution is 7.98. The Morgan fingerprint density at radius 3 is 3.00 bits per heavy atom. The van der Waals surface area contributed by atoms with E-state index in [1.165, 1.54) is 11.1 Å². The zero-order chi connectivity index (χ0) is 13.9. The number of aryl methyl sites for hydroxylation is 1. The summed E-state index contributed by atoms with van der Waals surface area (Å²) in [6.07, 6.45) is 1.91. The maximum Gasteiger partial charge on any atom is 0.250 e. The number of hydrogen-bond acceptors (Lipinski definition) is 3. The third kappa shape index (κ3) is 2.61. The molecule has 1 aliphatic rings. The van der Waals surface area contributed by atoms with Crippen LogP contribution < -0.4 is 10.9 Å². The molecule has 1 unspecified atom stereocenters. The largest absolute Gasteiger partial charge is 0.376 e. The molecule has 2 aromatic rings. The van der Waals surface area contributed by atoms with E-state index < -0.39 is 0 Å². The van der Waals surface area contributed by atoms with Crippen molar-refractivity contribution in [2.75, 3.05) is 11.1 Å². The van der Waals surface area contributed by atoms with Crippen molar-refractivity contribution in [1.82, 2.24) is 4.57 Å². The van der Waals surface area contributed by atoms with E-state index in [0.29, 0.717) is 12.6 Å². The molecule has 1 N–H and O–H groups in total. The molecule has 4 heteroatoms. The normalized spacial score (nSPS) is 17.6. The van der Waals surface area contributed by atoms with Gasteiger partial charge in [-0.1, -0.05) is 24.3 Å². The van der Waals surface area contributed by atoms with E-state index in [1.807, 2.05) is 30.9 Å². The number of rotatable bonds is 3. The Labute approximate surface area is 123 Å². The molecular weight excluding hydrogens is 268 g/mol. The van der Waals surface area contributed by atoms with Gasteiger partial charge < -0.3 is 9.88 Å². The molecule has 0 saturated heterocycles. The molecule has 0 radical (unpaired) electrons. The lowest BCUT2D eigenvalue weighted by Gasteiger charge is -2.27. The number of nitrogens with one attached hydrogen (secondary N) is 1. The van der Waals surface area contributed by atoms with Gasteiger partial charge >= 0.3 is 0 Å². The van der Waals surface area contributed by atoms with E-state index in [0.717, 1.165) is 17.2 Å². The first kappa shape index (κ1) is 13.3. The molecule has 2 heterocycles. The average Bonchev–Trinajstić information content (AvgIpc) is 2.49. The Morgan fingerprint density at radius 2 is 2.15 bits per heavy atom.